The van der Waals surface area contributed by atoms with Crippen molar-refractivity contribution in [1.29, 1.82) is 0 Å². The summed E-state index contributed by atoms with van der Waals surface area (Å²) in [6.45, 7) is 1.75. The van der Waals surface area contributed by atoms with Crippen LogP contribution in [0, 0.1) is 11.7 Å². The number of carbonyl (C=O) groups excluding carboxylic acids is 2. The van der Waals surface area contributed by atoms with Crippen molar-refractivity contribution in [3.8, 4) is 0 Å². The van der Waals surface area contributed by atoms with Crippen LogP contribution in [0.25, 0.3) is 0 Å². The Morgan fingerprint density at radius 3 is 2.70 bits per heavy atom. The number of rotatable bonds is 4. The highest BCUT2D eigenvalue weighted by Crippen LogP contribution is 2.30. The molecule has 1 fully saturated rings. The maximum Gasteiger partial charge on any atom is 0.232 e. The van der Waals surface area contributed by atoms with Crippen molar-refractivity contribution >= 4 is 17.5 Å². The number of likely N-dealkylation sites (tertiary alicyclic amines) is 1. The second-order valence-electron chi connectivity index (χ2n) is 7.34. The molecule has 0 aliphatic carbocycles. The minimum atomic E-state index is -0.281. The summed E-state index contributed by atoms with van der Waals surface area (Å²) in [7, 11) is 0. The SMILES string of the molecule is O=C1C[C@H](C(=O)N2CCCc3ccccc32)CN1CCc1ccc(F)cc1. The number of halogens is 1. The summed E-state index contributed by atoms with van der Waals surface area (Å²) in [5.41, 5.74) is 3.18. The Kier molecular flexibility index (Phi) is 4.92. The van der Waals surface area contributed by atoms with Crippen LogP contribution >= 0.6 is 0 Å². The zero-order valence-corrected chi connectivity index (χ0v) is 15.2. The number of nitrogens with zero attached hydrogens (tertiary/aromatic N) is 2. The maximum absolute atomic E-state index is 13.1. The number of fused-ring (bicyclic) bond motifs is 1. The smallest absolute Gasteiger partial charge is 0.232 e. The fraction of sp³-hybridized carbons (Fsp3) is 0.364. The molecule has 0 N–H and O–H groups in total. The molecule has 2 aliphatic heterocycles. The molecular formula is C22H23FN2O2. The van der Waals surface area contributed by atoms with Gasteiger partial charge in [-0.1, -0.05) is 30.3 Å². The molecule has 4 nitrogen and oxygen atoms in total. The van der Waals surface area contributed by atoms with E-state index in [0.717, 1.165) is 30.6 Å². The molecule has 2 aromatic carbocycles. The standard InChI is InChI=1S/C22H23FN2O2/c23-19-9-7-16(8-10-19)11-13-24-15-18(14-21(24)26)22(27)25-12-3-5-17-4-1-2-6-20(17)25/h1-2,4,6-10,18H,3,5,11-15H2/t18-/m0/s1. The Morgan fingerprint density at radius 1 is 1.11 bits per heavy atom. The molecule has 0 radical (unpaired) electrons. The first-order valence-electron chi connectivity index (χ1n) is 9.53. The molecule has 1 saturated heterocycles. The van der Waals surface area contributed by atoms with Crippen LogP contribution in [0.2, 0.25) is 0 Å². The van der Waals surface area contributed by atoms with Gasteiger partial charge in [-0.3, -0.25) is 9.59 Å². The van der Waals surface area contributed by atoms with Gasteiger partial charge in [0.05, 0.1) is 5.92 Å². The second-order valence-corrected chi connectivity index (χ2v) is 7.34. The van der Waals surface area contributed by atoms with Crippen LogP contribution < -0.4 is 4.90 Å². The number of hydrogen-bond donors (Lipinski definition) is 0. The number of carbonyl (C=O) groups is 2. The van der Waals surface area contributed by atoms with E-state index >= 15 is 0 Å². The Labute approximate surface area is 158 Å². The van der Waals surface area contributed by atoms with Crippen LogP contribution in [0.5, 0.6) is 0 Å². The van der Waals surface area contributed by atoms with E-state index in [-0.39, 0.29) is 30.0 Å². The Bertz CT molecular complexity index is 850. The first-order valence-corrected chi connectivity index (χ1v) is 9.53. The molecule has 0 bridgehead atoms. The van der Waals surface area contributed by atoms with Crippen molar-refractivity contribution in [2.75, 3.05) is 24.5 Å². The van der Waals surface area contributed by atoms with E-state index in [2.05, 4.69) is 6.07 Å². The third-order valence-corrected chi connectivity index (χ3v) is 5.52. The Hall–Kier alpha value is -2.69. The molecular weight excluding hydrogens is 343 g/mol. The zero-order chi connectivity index (χ0) is 18.8. The van der Waals surface area contributed by atoms with Crippen molar-refractivity contribution in [2.24, 2.45) is 5.92 Å². The van der Waals surface area contributed by atoms with Gasteiger partial charge in [-0.25, -0.2) is 4.39 Å². The molecule has 2 amide bonds. The summed E-state index contributed by atoms with van der Waals surface area (Å²) in [4.78, 5) is 29.1. The van der Waals surface area contributed by atoms with E-state index in [1.165, 1.54) is 17.7 Å². The van der Waals surface area contributed by atoms with Crippen LogP contribution in [-0.4, -0.2) is 36.3 Å². The van der Waals surface area contributed by atoms with Crippen molar-refractivity contribution < 1.29 is 14.0 Å². The predicted molar refractivity (Wildman–Crippen MR) is 102 cm³/mol. The largest absolute Gasteiger partial charge is 0.342 e. The van der Waals surface area contributed by atoms with E-state index in [1.54, 1.807) is 17.0 Å². The van der Waals surface area contributed by atoms with Crippen LogP contribution in [0.4, 0.5) is 10.1 Å². The Balaban J connectivity index is 1.40. The molecule has 0 saturated carbocycles. The number of hydrogen-bond acceptors (Lipinski definition) is 2. The molecule has 1 atom stereocenters. The highest BCUT2D eigenvalue weighted by atomic mass is 19.1. The van der Waals surface area contributed by atoms with Gasteiger partial charge in [0.25, 0.3) is 0 Å². The van der Waals surface area contributed by atoms with Gasteiger partial charge in [0.15, 0.2) is 0 Å². The summed E-state index contributed by atoms with van der Waals surface area (Å²) < 4.78 is 13.0. The third kappa shape index (κ3) is 3.72. The summed E-state index contributed by atoms with van der Waals surface area (Å²) in [5, 5.41) is 0. The summed E-state index contributed by atoms with van der Waals surface area (Å²) in [6.07, 6.45) is 2.89. The highest BCUT2D eigenvalue weighted by molar-refractivity contribution is 5.99. The summed E-state index contributed by atoms with van der Waals surface area (Å²) in [6, 6.07) is 14.4. The predicted octanol–water partition coefficient (Wildman–Crippen LogP) is 3.20. The van der Waals surface area contributed by atoms with Gasteiger partial charge in [-0.2, -0.15) is 0 Å². The lowest BCUT2D eigenvalue weighted by Gasteiger charge is -2.31. The molecule has 0 aromatic heterocycles. The zero-order valence-electron chi connectivity index (χ0n) is 15.2. The van der Waals surface area contributed by atoms with Crippen molar-refractivity contribution in [3.05, 3.63) is 65.5 Å². The third-order valence-electron chi connectivity index (χ3n) is 5.52. The van der Waals surface area contributed by atoms with Gasteiger partial charge in [-0.05, 0) is 48.6 Å². The molecule has 0 spiro atoms. The topological polar surface area (TPSA) is 40.6 Å². The number of para-hydroxylation sites is 1. The van der Waals surface area contributed by atoms with Gasteiger partial charge >= 0.3 is 0 Å². The quantitative estimate of drug-likeness (QED) is 0.834. The average Bonchev–Trinajstić information content (AvgIpc) is 3.07. The average molecular weight is 366 g/mol. The van der Waals surface area contributed by atoms with Gasteiger partial charge in [-0.15, -0.1) is 0 Å². The molecule has 0 unspecified atom stereocenters. The minimum Gasteiger partial charge on any atom is -0.342 e. The number of aryl methyl sites for hydroxylation is 1. The fourth-order valence-electron chi connectivity index (χ4n) is 4.05. The molecule has 2 heterocycles. The number of amides is 2. The van der Waals surface area contributed by atoms with E-state index in [4.69, 9.17) is 0 Å². The van der Waals surface area contributed by atoms with Crippen LogP contribution in [0.15, 0.2) is 48.5 Å². The normalized spacial score (nSPS) is 19.3. The lowest BCUT2D eigenvalue weighted by Crippen LogP contribution is -2.40. The van der Waals surface area contributed by atoms with E-state index in [9.17, 15) is 14.0 Å². The monoisotopic (exact) mass is 366 g/mol. The second kappa shape index (κ2) is 7.51. The number of anilines is 1. The Morgan fingerprint density at radius 2 is 1.89 bits per heavy atom. The maximum atomic E-state index is 13.1. The first-order chi connectivity index (χ1) is 13.1. The van der Waals surface area contributed by atoms with Gasteiger partial charge in [0.2, 0.25) is 11.8 Å². The van der Waals surface area contributed by atoms with Crippen molar-refractivity contribution in [3.63, 3.8) is 0 Å². The first kappa shape index (κ1) is 17.7. The van der Waals surface area contributed by atoms with Crippen molar-refractivity contribution in [1.82, 2.24) is 4.90 Å². The molecule has 5 heteroatoms. The van der Waals surface area contributed by atoms with Gasteiger partial charge < -0.3 is 9.80 Å². The van der Waals surface area contributed by atoms with E-state index in [0.29, 0.717) is 19.5 Å². The molecule has 2 aromatic rings. The molecule has 4 rings (SSSR count). The van der Waals surface area contributed by atoms with E-state index in [1.807, 2.05) is 23.1 Å². The van der Waals surface area contributed by atoms with Crippen LogP contribution in [0.1, 0.15) is 24.0 Å². The van der Waals surface area contributed by atoms with Crippen LogP contribution in [-0.2, 0) is 22.4 Å². The highest BCUT2D eigenvalue weighted by Gasteiger charge is 2.37. The molecule has 140 valence electrons. The summed E-state index contributed by atoms with van der Waals surface area (Å²) >= 11 is 0. The van der Waals surface area contributed by atoms with Gasteiger partial charge in [0.1, 0.15) is 5.82 Å². The summed E-state index contributed by atoms with van der Waals surface area (Å²) in [5.74, 6) is -0.458. The fourth-order valence-corrected chi connectivity index (χ4v) is 4.05. The lowest BCUT2D eigenvalue weighted by molar-refractivity contribution is -0.128. The van der Waals surface area contributed by atoms with Crippen LogP contribution in [0.3, 0.4) is 0 Å². The number of benzene rings is 2. The van der Waals surface area contributed by atoms with Crippen molar-refractivity contribution in [2.45, 2.75) is 25.7 Å². The lowest BCUT2D eigenvalue weighted by atomic mass is 9.99. The molecule has 27 heavy (non-hydrogen) atoms. The van der Waals surface area contributed by atoms with Gasteiger partial charge in [0, 0.05) is 31.7 Å². The minimum absolute atomic E-state index is 0.0285. The van der Waals surface area contributed by atoms with E-state index < -0.39 is 0 Å². The molecule has 2 aliphatic rings.